The summed E-state index contributed by atoms with van der Waals surface area (Å²) >= 11 is 0. The second kappa shape index (κ2) is 15.1. The van der Waals surface area contributed by atoms with Gasteiger partial charge in [-0.3, -0.25) is 28.9 Å². The third-order valence-electron chi connectivity index (χ3n) is 7.14. The summed E-state index contributed by atoms with van der Waals surface area (Å²) in [7, 11) is 0. The molecule has 4 amide bonds. The Morgan fingerprint density at radius 2 is 1.75 bits per heavy atom. The zero-order chi connectivity index (χ0) is 32.7. The topological polar surface area (TPSA) is 238 Å². The van der Waals surface area contributed by atoms with E-state index in [0.717, 1.165) is 4.90 Å². The number of carbonyl (C=O) groups excluding carboxylic acids is 5. The highest BCUT2D eigenvalue weighted by molar-refractivity contribution is 6.04. The van der Waals surface area contributed by atoms with Crippen molar-refractivity contribution < 1.29 is 63.4 Å². The Bertz CT molecular complexity index is 1270. The number of nitrogens with zero attached hydrogens (tertiary/aromatic N) is 1. The van der Waals surface area contributed by atoms with Crippen LogP contribution in [0.4, 0.5) is 5.69 Å². The predicted octanol–water partition coefficient (Wildman–Crippen LogP) is -1.11. The molecule has 2 fully saturated rings. The predicted molar refractivity (Wildman–Crippen MR) is 147 cm³/mol. The van der Waals surface area contributed by atoms with E-state index >= 15 is 0 Å². The first-order valence-corrected chi connectivity index (χ1v) is 14.0. The molecule has 1 aromatic carbocycles. The molecule has 0 spiro atoms. The molecular formula is C28H37N3O13. The SMILES string of the molecule is CC(=O)OCc1ccc(OC2OC(C(=O)O)C(O)C(O)C2O)c(NC(=O)CCNC(=O)CCN2C(=O)CC(C(C)C)C2=O)c1. The van der Waals surface area contributed by atoms with Gasteiger partial charge in [0.15, 0.2) is 6.10 Å². The van der Waals surface area contributed by atoms with E-state index in [1.54, 1.807) is 0 Å². The second-order valence-corrected chi connectivity index (χ2v) is 10.8. The van der Waals surface area contributed by atoms with Crippen LogP contribution < -0.4 is 15.4 Å². The van der Waals surface area contributed by atoms with Crippen molar-refractivity contribution in [1.29, 1.82) is 0 Å². The monoisotopic (exact) mass is 623 g/mol. The van der Waals surface area contributed by atoms with Gasteiger partial charge in [-0.15, -0.1) is 0 Å². The molecule has 0 aliphatic carbocycles. The van der Waals surface area contributed by atoms with E-state index in [9.17, 15) is 49.2 Å². The molecule has 2 aliphatic heterocycles. The Kier molecular flexibility index (Phi) is 11.8. The lowest BCUT2D eigenvalue weighted by Gasteiger charge is -2.38. The van der Waals surface area contributed by atoms with E-state index in [0.29, 0.717) is 5.56 Å². The van der Waals surface area contributed by atoms with Gasteiger partial charge in [0, 0.05) is 45.2 Å². The summed E-state index contributed by atoms with van der Waals surface area (Å²) < 4.78 is 15.7. The molecule has 0 saturated carbocycles. The first-order valence-electron chi connectivity index (χ1n) is 14.0. The third-order valence-corrected chi connectivity index (χ3v) is 7.14. The van der Waals surface area contributed by atoms with Crippen molar-refractivity contribution in [2.75, 3.05) is 18.4 Å². The maximum Gasteiger partial charge on any atom is 0.335 e. The first-order chi connectivity index (χ1) is 20.7. The van der Waals surface area contributed by atoms with E-state index in [1.165, 1.54) is 25.1 Å². The highest BCUT2D eigenvalue weighted by Crippen LogP contribution is 2.31. The molecule has 0 radical (unpaired) electrons. The number of benzene rings is 1. The standard InChI is InChI=1S/C28H37N3O13/c1-13(2)16-11-21(35)31(26(16)39)9-7-19(33)29-8-6-20(34)30-17-10-15(12-42-14(3)32)4-5-18(17)43-28-24(38)22(36)23(37)25(44-28)27(40)41/h4-5,10,13,16,22-25,28,36-38H,6-9,11-12H2,1-3H3,(H,29,33)(H,30,34)(H,40,41). The van der Waals surface area contributed by atoms with Crippen molar-refractivity contribution in [3.05, 3.63) is 23.8 Å². The number of nitrogens with one attached hydrogen (secondary N) is 2. The number of imide groups is 1. The van der Waals surface area contributed by atoms with Gasteiger partial charge in [0.05, 0.1) is 5.69 Å². The van der Waals surface area contributed by atoms with Crippen LogP contribution in [0.2, 0.25) is 0 Å². The van der Waals surface area contributed by atoms with Crippen molar-refractivity contribution in [2.45, 2.75) is 77.3 Å². The Hall–Kier alpha value is -4.12. The van der Waals surface area contributed by atoms with Gasteiger partial charge in [-0.05, 0) is 23.6 Å². The molecular weight excluding hydrogens is 586 g/mol. The van der Waals surface area contributed by atoms with Gasteiger partial charge in [0.2, 0.25) is 29.9 Å². The van der Waals surface area contributed by atoms with Crippen LogP contribution in [0.15, 0.2) is 18.2 Å². The zero-order valence-corrected chi connectivity index (χ0v) is 24.4. The molecule has 0 aromatic heterocycles. The van der Waals surface area contributed by atoms with Gasteiger partial charge in [-0.1, -0.05) is 19.9 Å². The van der Waals surface area contributed by atoms with E-state index < -0.39 is 60.4 Å². The fourth-order valence-electron chi connectivity index (χ4n) is 4.62. The minimum atomic E-state index is -1.93. The molecule has 242 valence electrons. The number of aliphatic hydroxyl groups excluding tert-OH is 3. The normalized spacial score (nSPS) is 25.1. The smallest absolute Gasteiger partial charge is 0.335 e. The second-order valence-electron chi connectivity index (χ2n) is 10.8. The molecule has 6 unspecified atom stereocenters. The average molecular weight is 624 g/mol. The van der Waals surface area contributed by atoms with Gasteiger partial charge < -0.3 is 45.3 Å². The summed E-state index contributed by atoms with van der Waals surface area (Å²) in [6, 6.07) is 4.17. The van der Waals surface area contributed by atoms with E-state index in [-0.39, 0.29) is 68.1 Å². The number of ether oxygens (including phenoxy) is 3. The summed E-state index contributed by atoms with van der Waals surface area (Å²) in [6.07, 6.45) is -9.63. The molecule has 3 rings (SSSR count). The first kappa shape index (κ1) is 34.4. The Labute approximate surface area is 252 Å². The quantitative estimate of drug-likeness (QED) is 0.113. The number of carbonyl (C=O) groups is 6. The molecule has 2 saturated heterocycles. The van der Waals surface area contributed by atoms with Gasteiger partial charge in [0.25, 0.3) is 0 Å². The number of likely N-dealkylation sites (tertiary alicyclic amines) is 1. The molecule has 6 N–H and O–H groups in total. The van der Waals surface area contributed by atoms with Gasteiger partial charge in [-0.2, -0.15) is 0 Å². The molecule has 44 heavy (non-hydrogen) atoms. The molecule has 2 heterocycles. The Balaban J connectivity index is 1.61. The van der Waals surface area contributed by atoms with Crippen molar-refractivity contribution >= 4 is 41.3 Å². The van der Waals surface area contributed by atoms with Crippen molar-refractivity contribution in [1.82, 2.24) is 10.2 Å². The molecule has 1 aromatic rings. The number of carboxylic acids is 1. The maximum absolute atomic E-state index is 12.7. The summed E-state index contributed by atoms with van der Waals surface area (Å²) in [6.45, 7) is 4.57. The Morgan fingerprint density at radius 3 is 2.36 bits per heavy atom. The van der Waals surface area contributed by atoms with Crippen molar-refractivity contribution in [3.8, 4) is 5.75 Å². The average Bonchev–Trinajstić information content (AvgIpc) is 3.24. The van der Waals surface area contributed by atoms with Crippen molar-refractivity contribution in [3.63, 3.8) is 0 Å². The van der Waals surface area contributed by atoms with Crippen LogP contribution in [0, 0.1) is 11.8 Å². The Morgan fingerprint density at radius 1 is 1.05 bits per heavy atom. The van der Waals surface area contributed by atoms with Crippen LogP contribution in [0.3, 0.4) is 0 Å². The summed E-state index contributed by atoms with van der Waals surface area (Å²) in [5, 5.41) is 44.7. The summed E-state index contributed by atoms with van der Waals surface area (Å²) in [5.74, 6) is -4.41. The lowest BCUT2D eigenvalue weighted by molar-refractivity contribution is -0.271. The zero-order valence-electron chi connectivity index (χ0n) is 24.4. The molecule has 16 heteroatoms. The fraction of sp³-hybridized carbons (Fsp3) is 0.571. The van der Waals surface area contributed by atoms with Crippen molar-refractivity contribution in [2.24, 2.45) is 11.8 Å². The molecule has 6 atom stereocenters. The number of anilines is 1. The number of aliphatic carboxylic acids is 1. The van der Waals surface area contributed by atoms with Gasteiger partial charge >= 0.3 is 11.9 Å². The number of amides is 4. The number of hydrogen-bond donors (Lipinski definition) is 6. The minimum Gasteiger partial charge on any atom is -0.479 e. The molecule has 2 aliphatic rings. The molecule has 0 bridgehead atoms. The van der Waals surface area contributed by atoms with Crippen LogP contribution >= 0.6 is 0 Å². The van der Waals surface area contributed by atoms with E-state index in [1.807, 2.05) is 13.8 Å². The van der Waals surface area contributed by atoms with Crippen LogP contribution in [-0.2, 0) is 44.8 Å². The lowest BCUT2D eigenvalue weighted by Crippen LogP contribution is -2.61. The minimum absolute atomic E-state index is 0.0000280. The van der Waals surface area contributed by atoms with Crippen LogP contribution in [0.25, 0.3) is 0 Å². The van der Waals surface area contributed by atoms with E-state index in [2.05, 4.69) is 10.6 Å². The van der Waals surface area contributed by atoms with Gasteiger partial charge in [0.1, 0.15) is 30.7 Å². The van der Waals surface area contributed by atoms with Gasteiger partial charge in [-0.25, -0.2) is 4.79 Å². The summed E-state index contributed by atoms with van der Waals surface area (Å²) in [4.78, 5) is 73.3. The number of aliphatic hydroxyl groups is 3. The highest BCUT2D eigenvalue weighted by Gasteiger charge is 2.48. The van der Waals surface area contributed by atoms with Crippen LogP contribution in [0.5, 0.6) is 5.75 Å². The number of rotatable bonds is 13. The van der Waals surface area contributed by atoms with Crippen LogP contribution in [-0.4, -0.2) is 105 Å². The van der Waals surface area contributed by atoms with Crippen LogP contribution in [0.1, 0.15) is 45.6 Å². The lowest BCUT2D eigenvalue weighted by atomic mass is 9.94. The fourth-order valence-corrected chi connectivity index (χ4v) is 4.62. The summed E-state index contributed by atoms with van der Waals surface area (Å²) in [5.41, 5.74) is 0.422. The molecule has 16 nitrogen and oxygen atoms in total. The number of esters is 1. The third kappa shape index (κ3) is 8.72. The number of carboxylic acid groups (broad SMARTS) is 1. The number of hydrogen-bond acceptors (Lipinski definition) is 12. The maximum atomic E-state index is 12.7. The highest BCUT2D eigenvalue weighted by atomic mass is 16.7. The van der Waals surface area contributed by atoms with E-state index in [4.69, 9.17) is 14.2 Å². The largest absolute Gasteiger partial charge is 0.479 e.